The van der Waals surface area contributed by atoms with Crippen molar-refractivity contribution in [2.75, 3.05) is 17.7 Å². The van der Waals surface area contributed by atoms with E-state index in [4.69, 9.17) is 4.74 Å². The molecule has 3 atom stereocenters. The number of carbonyl (C=O) groups excluding carboxylic acids is 2. The molecule has 0 radical (unpaired) electrons. The summed E-state index contributed by atoms with van der Waals surface area (Å²) in [5.41, 5.74) is 4.25. The minimum Gasteiger partial charge on any atom is -0.468 e. The Morgan fingerprint density at radius 2 is 1.89 bits per heavy atom. The summed E-state index contributed by atoms with van der Waals surface area (Å²) in [6, 6.07) is 15.4. The quantitative estimate of drug-likeness (QED) is 0.524. The van der Waals surface area contributed by atoms with Crippen molar-refractivity contribution in [3.05, 3.63) is 69.8 Å². The number of halogens is 1. The molecule has 1 aliphatic carbocycles. The molecule has 0 unspecified atom stereocenters. The third-order valence-corrected chi connectivity index (χ3v) is 5.90. The highest BCUT2D eigenvalue weighted by Crippen LogP contribution is 2.43. The van der Waals surface area contributed by atoms with Gasteiger partial charge < -0.3 is 15.4 Å². The van der Waals surface area contributed by atoms with Gasteiger partial charge in [0.15, 0.2) is 5.78 Å². The number of esters is 1. The number of carbonyl (C=O) groups is 2. The van der Waals surface area contributed by atoms with Crippen LogP contribution in [0, 0.1) is 11.8 Å². The fraction of sp³-hybridized carbons (Fsp3) is 0.273. The van der Waals surface area contributed by atoms with Crippen LogP contribution in [0.15, 0.2) is 64.3 Å². The van der Waals surface area contributed by atoms with Crippen LogP contribution in [0.25, 0.3) is 0 Å². The molecule has 2 aliphatic rings. The zero-order valence-electron chi connectivity index (χ0n) is 15.7. The molecule has 1 heterocycles. The number of ether oxygens (including phenoxy) is 1. The van der Waals surface area contributed by atoms with Gasteiger partial charge in [-0.15, -0.1) is 0 Å². The smallest absolute Gasteiger partial charge is 0.316 e. The largest absolute Gasteiger partial charge is 0.468 e. The second-order valence-electron chi connectivity index (χ2n) is 7.24. The first-order chi connectivity index (χ1) is 13.5. The molecule has 5 nitrogen and oxygen atoms in total. The molecule has 2 aromatic carbocycles. The van der Waals surface area contributed by atoms with Crippen LogP contribution in [0.5, 0.6) is 0 Å². The molecule has 0 bridgehead atoms. The maximum atomic E-state index is 13.5. The number of hydrogen-bond donors (Lipinski definition) is 2. The van der Waals surface area contributed by atoms with E-state index in [0.717, 1.165) is 27.1 Å². The summed E-state index contributed by atoms with van der Waals surface area (Å²) < 4.78 is 5.86. The van der Waals surface area contributed by atoms with E-state index in [1.54, 1.807) is 0 Å². The number of rotatable bonds is 2. The Morgan fingerprint density at radius 3 is 2.61 bits per heavy atom. The number of ketones is 1. The predicted molar refractivity (Wildman–Crippen MR) is 112 cm³/mol. The maximum Gasteiger partial charge on any atom is 0.316 e. The van der Waals surface area contributed by atoms with E-state index in [-0.39, 0.29) is 17.7 Å². The predicted octanol–water partition coefficient (Wildman–Crippen LogP) is 4.68. The summed E-state index contributed by atoms with van der Waals surface area (Å²) in [7, 11) is 1.33. The molecule has 0 aromatic heterocycles. The lowest BCUT2D eigenvalue weighted by Gasteiger charge is -2.32. The standard InChI is InChI=1S/C22H21BrN2O3/c1-12-10-17-19(21(26)18(12)22(27)28-2)20(13-6-5-7-14(23)11-13)25-16-9-4-3-8-15(16)24-17/h3-9,11-12,18,20,24-25H,10H2,1-2H3/t12-,18+,20+/m1/s1. The van der Waals surface area contributed by atoms with Gasteiger partial charge in [-0.3, -0.25) is 9.59 Å². The van der Waals surface area contributed by atoms with Crippen molar-refractivity contribution in [3.63, 3.8) is 0 Å². The van der Waals surface area contributed by atoms with Crippen molar-refractivity contribution in [1.29, 1.82) is 0 Å². The van der Waals surface area contributed by atoms with Crippen molar-refractivity contribution in [3.8, 4) is 0 Å². The van der Waals surface area contributed by atoms with Crippen LogP contribution in [0.3, 0.4) is 0 Å². The van der Waals surface area contributed by atoms with Crippen LogP contribution in [-0.4, -0.2) is 18.9 Å². The van der Waals surface area contributed by atoms with Gasteiger partial charge in [-0.25, -0.2) is 0 Å². The van der Waals surface area contributed by atoms with Gasteiger partial charge in [-0.2, -0.15) is 0 Å². The summed E-state index contributed by atoms with van der Waals surface area (Å²) in [5.74, 6) is -1.58. The first kappa shape index (κ1) is 18.7. The lowest BCUT2D eigenvalue weighted by Crippen LogP contribution is -2.39. The van der Waals surface area contributed by atoms with Crippen molar-refractivity contribution in [1.82, 2.24) is 0 Å². The molecule has 0 amide bonds. The number of hydrogen-bond acceptors (Lipinski definition) is 5. The van der Waals surface area contributed by atoms with Gasteiger partial charge in [-0.05, 0) is 42.2 Å². The second-order valence-corrected chi connectivity index (χ2v) is 8.16. The number of methoxy groups -OCH3 is 1. The molecular weight excluding hydrogens is 420 g/mol. The van der Waals surface area contributed by atoms with Gasteiger partial charge in [0.05, 0.1) is 24.5 Å². The van der Waals surface area contributed by atoms with Crippen molar-refractivity contribution in [2.24, 2.45) is 11.8 Å². The van der Waals surface area contributed by atoms with Crippen LogP contribution in [0.4, 0.5) is 11.4 Å². The highest BCUT2D eigenvalue weighted by atomic mass is 79.9. The number of fused-ring (bicyclic) bond motifs is 1. The fourth-order valence-electron chi connectivity index (χ4n) is 4.07. The highest BCUT2D eigenvalue weighted by Gasteiger charge is 2.44. The van der Waals surface area contributed by atoms with Gasteiger partial charge in [0, 0.05) is 15.7 Å². The number of Topliss-reactive ketones (excluding diaryl/α,β-unsaturated/α-hetero) is 1. The Bertz CT molecular complexity index is 985. The Hall–Kier alpha value is -2.60. The highest BCUT2D eigenvalue weighted by molar-refractivity contribution is 9.10. The van der Waals surface area contributed by atoms with Gasteiger partial charge in [0.1, 0.15) is 5.92 Å². The van der Waals surface area contributed by atoms with Crippen LogP contribution in [0.2, 0.25) is 0 Å². The van der Waals surface area contributed by atoms with Crippen molar-refractivity contribution in [2.45, 2.75) is 19.4 Å². The van der Waals surface area contributed by atoms with E-state index >= 15 is 0 Å². The molecule has 2 aromatic rings. The molecule has 0 fully saturated rings. The monoisotopic (exact) mass is 440 g/mol. The summed E-state index contributed by atoms with van der Waals surface area (Å²) in [6.07, 6.45) is 0.599. The second kappa shape index (κ2) is 7.43. The summed E-state index contributed by atoms with van der Waals surface area (Å²) >= 11 is 3.52. The van der Waals surface area contributed by atoms with E-state index in [1.807, 2.05) is 55.5 Å². The summed E-state index contributed by atoms with van der Waals surface area (Å²) in [4.78, 5) is 25.8. The lowest BCUT2D eigenvalue weighted by molar-refractivity contribution is -0.151. The van der Waals surface area contributed by atoms with Crippen molar-refractivity contribution < 1.29 is 14.3 Å². The molecule has 6 heteroatoms. The van der Waals surface area contributed by atoms with E-state index in [0.29, 0.717) is 12.0 Å². The lowest BCUT2D eigenvalue weighted by atomic mass is 9.75. The first-order valence-electron chi connectivity index (χ1n) is 9.22. The number of nitrogens with one attached hydrogen (secondary N) is 2. The minimum absolute atomic E-state index is 0.139. The van der Waals surface area contributed by atoms with Crippen LogP contribution >= 0.6 is 15.9 Å². The third kappa shape index (κ3) is 3.22. The van der Waals surface area contributed by atoms with E-state index in [1.165, 1.54) is 7.11 Å². The summed E-state index contributed by atoms with van der Waals surface area (Å²) in [5, 5.41) is 6.96. The Labute approximate surface area is 172 Å². The molecule has 0 saturated carbocycles. The molecular formula is C22H21BrN2O3. The SMILES string of the molecule is COC(=O)[C@@H]1C(=O)C2=C(C[C@H]1C)Nc1ccccc1N[C@H]2c1cccc(Br)c1. The Morgan fingerprint density at radius 1 is 1.14 bits per heavy atom. The van der Waals surface area contributed by atoms with E-state index in [9.17, 15) is 9.59 Å². The Balaban J connectivity index is 1.88. The van der Waals surface area contributed by atoms with Crippen LogP contribution in [-0.2, 0) is 14.3 Å². The van der Waals surface area contributed by atoms with E-state index in [2.05, 4.69) is 26.6 Å². The topological polar surface area (TPSA) is 67.4 Å². The number of allylic oxidation sites excluding steroid dienone is 1. The van der Waals surface area contributed by atoms with Gasteiger partial charge in [-0.1, -0.05) is 47.1 Å². The van der Waals surface area contributed by atoms with Gasteiger partial charge in [0.25, 0.3) is 0 Å². The van der Waals surface area contributed by atoms with Crippen LogP contribution < -0.4 is 10.6 Å². The third-order valence-electron chi connectivity index (χ3n) is 5.41. The molecule has 28 heavy (non-hydrogen) atoms. The Kier molecular flexibility index (Phi) is 4.98. The zero-order valence-corrected chi connectivity index (χ0v) is 17.2. The first-order valence-corrected chi connectivity index (χ1v) is 10.0. The molecule has 0 saturated heterocycles. The normalized spacial score (nSPS) is 23.7. The summed E-state index contributed by atoms with van der Waals surface area (Å²) in [6.45, 7) is 1.92. The number of benzene rings is 2. The van der Waals surface area contributed by atoms with E-state index < -0.39 is 11.9 Å². The van der Waals surface area contributed by atoms with Crippen LogP contribution in [0.1, 0.15) is 24.9 Å². The van der Waals surface area contributed by atoms with Crippen molar-refractivity contribution >= 4 is 39.1 Å². The molecule has 1 aliphatic heterocycles. The number of para-hydroxylation sites is 2. The fourth-order valence-corrected chi connectivity index (χ4v) is 4.49. The average Bonchev–Trinajstić information content (AvgIpc) is 2.84. The molecule has 2 N–H and O–H groups in total. The molecule has 4 rings (SSSR count). The maximum absolute atomic E-state index is 13.5. The molecule has 0 spiro atoms. The minimum atomic E-state index is -0.789. The average molecular weight is 441 g/mol. The van der Waals surface area contributed by atoms with Gasteiger partial charge in [0.2, 0.25) is 0 Å². The van der Waals surface area contributed by atoms with Gasteiger partial charge >= 0.3 is 5.97 Å². The molecule has 144 valence electrons. The zero-order chi connectivity index (χ0) is 19.8. The number of anilines is 2.